The summed E-state index contributed by atoms with van der Waals surface area (Å²) in [6, 6.07) is 14.4. The van der Waals surface area contributed by atoms with E-state index < -0.39 is 0 Å². The molecule has 16 heavy (non-hydrogen) atoms. The maximum absolute atomic E-state index is 4.23. The Kier molecular flexibility index (Phi) is 2.15. The molecule has 0 amide bonds. The lowest BCUT2D eigenvalue weighted by Crippen LogP contribution is -1.88. The van der Waals surface area contributed by atoms with Crippen LogP contribution in [0.1, 0.15) is 0 Å². The van der Waals surface area contributed by atoms with Gasteiger partial charge in [0.25, 0.3) is 0 Å². The van der Waals surface area contributed by atoms with Gasteiger partial charge in [-0.1, -0.05) is 47.7 Å². The van der Waals surface area contributed by atoms with Crippen LogP contribution in [0.4, 0.5) is 0 Å². The molecule has 1 heterocycles. The first kappa shape index (κ1) is 9.42. The molecular formula is C12H9N3S. The van der Waals surface area contributed by atoms with Crippen molar-refractivity contribution < 1.29 is 0 Å². The summed E-state index contributed by atoms with van der Waals surface area (Å²) in [5.74, 6) is 0. The van der Waals surface area contributed by atoms with Gasteiger partial charge >= 0.3 is 0 Å². The topological polar surface area (TPSA) is 30.7 Å². The van der Waals surface area contributed by atoms with E-state index in [2.05, 4.69) is 41.3 Å². The van der Waals surface area contributed by atoms with Gasteiger partial charge in [0.15, 0.2) is 0 Å². The number of nitrogens with zero attached hydrogens (tertiary/aromatic N) is 3. The number of hydrogen-bond acceptors (Lipinski definition) is 3. The maximum atomic E-state index is 4.23. The lowest BCUT2D eigenvalue weighted by Gasteiger charge is -2.04. The second kappa shape index (κ2) is 3.64. The summed E-state index contributed by atoms with van der Waals surface area (Å²) in [5.41, 5.74) is 2.00. The second-order valence-corrected chi connectivity index (χ2v) is 3.91. The van der Waals surface area contributed by atoms with Gasteiger partial charge in [-0.05, 0) is 23.6 Å². The Bertz CT molecular complexity index is 640. The van der Waals surface area contributed by atoms with Crippen molar-refractivity contribution in [2.45, 2.75) is 0 Å². The predicted molar refractivity (Wildman–Crippen MR) is 67.3 cm³/mol. The third-order valence-electron chi connectivity index (χ3n) is 2.60. The number of hydrogen-bond donors (Lipinski definition) is 1. The molecular weight excluding hydrogens is 218 g/mol. The van der Waals surface area contributed by atoms with Crippen molar-refractivity contribution in [1.82, 2.24) is 14.4 Å². The highest BCUT2D eigenvalue weighted by Crippen LogP contribution is 2.27. The molecule has 1 aromatic heterocycles. The third-order valence-corrected chi connectivity index (χ3v) is 2.89. The van der Waals surface area contributed by atoms with Crippen LogP contribution in [-0.4, -0.2) is 14.4 Å². The van der Waals surface area contributed by atoms with Crippen molar-refractivity contribution in [2.75, 3.05) is 0 Å². The van der Waals surface area contributed by atoms with E-state index >= 15 is 0 Å². The monoisotopic (exact) mass is 227 g/mol. The van der Waals surface area contributed by atoms with Gasteiger partial charge in [-0.3, -0.25) is 0 Å². The van der Waals surface area contributed by atoms with Crippen LogP contribution in [0.5, 0.6) is 0 Å². The summed E-state index contributed by atoms with van der Waals surface area (Å²) in [6.07, 6.45) is 1.72. The number of aromatic nitrogens is 3. The Labute approximate surface area is 98.3 Å². The van der Waals surface area contributed by atoms with Crippen molar-refractivity contribution in [2.24, 2.45) is 0 Å². The molecule has 0 spiro atoms. The van der Waals surface area contributed by atoms with Gasteiger partial charge in [-0.25, -0.2) is 0 Å². The molecule has 3 nitrogen and oxygen atoms in total. The number of benzene rings is 2. The quantitative estimate of drug-likeness (QED) is 0.648. The highest BCUT2D eigenvalue weighted by molar-refractivity contribution is 7.78. The van der Waals surface area contributed by atoms with Crippen LogP contribution in [-0.2, 0) is 0 Å². The first-order valence-electron chi connectivity index (χ1n) is 4.94. The SMILES string of the molecule is Sn1nncc1-c1cccc2ccccc12. The maximum Gasteiger partial charge on any atom is 0.102 e. The third kappa shape index (κ3) is 1.39. The van der Waals surface area contributed by atoms with Crippen LogP contribution >= 0.6 is 12.8 Å². The molecule has 3 aromatic rings. The Balaban J connectivity index is 2.36. The molecule has 78 valence electrons. The fourth-order valence-corrected chi connectivity index (χ4v) is 2.06. The summed E-state index contributed by atoms with van der Waals surface area (Å²) >= 11 is 4.23. The van der Waals surface area contributed by atoms with Gasteiger partial charge in [-0.2, -0.15) is 4.09 Å². The first-order valence-corrected chi connectivity index (χ1v) is 5.34. The molecule has 0 atom stereocenters. The van der Waals surface area contributed by atoms with Gasteiger partial charge < -0.3 is 0 Å². The van der Waals surface area contributed by atoms with Gasteiger partial charge in [0.05, 0.1) is 6.20 Å². The van der Waals surface area contributed by atoms with Crippen LogP contribution in [0.25, 0.3) is 22.0 Å². The standard InChI is InChI=1S/C12H9N3S/c16-15-12(8-13-14-15)11-7-3-5-9-4-1-2-6-10(9)11/h1-8,16H. The highest BCUT2D eigenvalue weighted by atomic mass is 32.1. The summed E-state index contributed by atoms with van der Waals surface area (Å²) < 4.78 is 1.49. The fourth-order valence-electron chi connectivity index (χ4n) is 1.86. The zero-order valence-electron chi connectivity index (χ0n) is 8.41. The van der Waals surface area contributed by atoms with E-state index in [0.717, 1.165) is 11.3 Å². The van der Waals surface area contributed by atoms with E-state index in [1.807, 2.05) is 24.3 Å². The van der Waals surface area contributed by atoms with Crippen molar-refractivity contribution in [3.8, 4) is 11.3 Å². The van der Waals surface area contributed by atoms with Crippen LogP contribution in [0, 0.1) is 0 Å². The van der Waals surface area contributed by atoms with E-state index in [9.17, 15) is 0 Å². The Hall–Kier alpha value is -1.81. The zero-order valence-corrected chi connectivity index (χ0v) is 9.30. The molecule has 0 bridgehead atoms. The second-order valence-electron chi connectivity index (χ2n) is 3.54. The molecule has 2 aromatic carbocycles. The Morgan fingerprint density at radius 2 is 1.81 bits per heavy atom. The largest absolute Gasteiger partial charge is 0.189 e. The molecule has 0 fully saturated rings. The minimum absolute atomic E-state index is 0.903. The van der Waals surface area contributed by atoms with Crippen molar-refractivity contribution in [1.29, 1.82) is 0 Å². The fraction of sp³-hybridized carbons (Fsp3) is 0. The summed E-state index contributed by atoms with van der Waals surface area (Å²) in [5, 5.41) is 10.1. The minimum atomic E-state index is 0.903. The Morgan fingerprint density at radius 3 is 2.62 bits per heavy atom. The van der Waals surface area contributed by atoms with Crippen LogP contribution in [0.2, 0.25) is 0 Å². The van der Waals surface area contributed by atoms with Crippen molar-refractivity contribution >= 4 is 23.6 Å². The predicted octanol–water partition coefficient (Wildman–Crippen LogP) is 2.79. The molecule has 0 aliphatic carbocycles. The van der Waals surface area contributed by atoms with Crippen LogP contribution in [0.15, 0.2) is 48.7 Å². The van der Waals surface area contributed by atoms with E-state index in [-0.39, 0.29) is 0 Å². The van der Waals surface area contributed by atoms with E-state index in [1.54, 1.807) is 6.20 Å². The molecule has 4 heteroatoms. The van der Waals surface area contributed by atoms with Gasteiger partial charge in [0.1, 0.15) is 5.69 Å². The lowest BCUT2D eigenvalue weighted by atomic mass is 10.0. The first-order chi connectivity index (χ1) is 7.86. The number of rotatable bonds is 1. The van der Waals surface area contributed by atoms with Gasteiger partial charge in [0, 0.05) is 5.56 Å². The Morgan fingerprint density at radius 1 is 1.00 bits per heavy atom. The highest BCUT2D eigenvalue weighted by Gasteiger charge is 2.07. The smallest absolute Gasteiger partial charge is 0.102 e. The van der Waals surface area contributed by atoms with Gasteiger partial charge in [0.2, 0.25) is 0 Å². The molecule has 0 radical (unpaired) electrons. The van der Waals surface area contributed by atoms with Crippen molar-refractivity contribution in [3.05, 3.63) is 48.7 Å². The summed E-state index contributed by atoms with van der Waals surface area (Å²) in [6.45, 7) is 0. The molecule has 0 aliphatic heterocycles. The zero-order chi connectivity index (χ0) is 11.0. The molecule has 0 saturated carbocycles. The van der Waals surface area contributed by atoms with E-state index in [0.29, 0.717) is 0 Å². The van der Waals surface area contributed by atoms with E-state index in [4.69, 9.17) is 0 Å². The minimum Gasteiger partial charge on any atom is -0.189 e. The van der Waals surface area contributed by atoms with E-state index in [1.165, 1.54) is 14.9 Å². The van der Waals surface area contributed by atoms with Gasteiger partial charge in [-0.15, -0.1) is 5.10 Å². The normalized spacial score (nSPS) is 10.8. The average molecular weight is 227 g/mol. The van der Waals surface area contributed by atoms with Crippen LogP contribution < -0.4 is 0 Å². The molecule has 0 saturated heterocycles. The number of fused-ring (bicyclic) bond motifs is 1. The lowest BCUT2D eigenvalue weighted by molar-refractivity contribution is 0.900. The summed E-state index contributed by atoms with van der Waals surface area (Å²) in [7, 11) is 0. The van der Waals surface area contributed by atoms with Crippen LogP contribution in [0.3, 0.4) is 0 Å². The summed E-state index contributed by atoms with van der Waals surface area (Å²) in [4.78, 5) is 0. The molecule has 0 aliphatic rings. The number of thiol groups is 1. The average Bonchev–Trinajstić information content (AvgIpc) is 2.75. The molecule has 3 rings (SSSR count). The van der Waals surface area contributed by atoms with Crippen molar-refractivity contribution in [3.63, 3.8) is 0 Å². The molecule has 0 unspecified atom stereocenters. The molecule has 0 N–H and O–H groups in total.